The van der Waals surface area contributed by atoms with Gasteiger partial charge in [0.15, 0.2) is 0 Å². The van der Waals surface area contributed by atoms with Gasteiger partial charge in [-0.25, -0.2) is 0 Å². The van der Waals surface area contributed by atoms with E-state index in [2.05, 4.69) is 37.6 Å². The highest BCUT2D eigenvalue weighted by atomic mass is 16.5. The van der Waals surface area contributed by atoms with Gasteiger partial charge in [0, 0.05) is 39.3 Å². The summed E-state index contributed by atoms with van der Waals surface area (Å²) >= 11 is 0. The minimum absolute atomic E-state index is 0.0105. The molecular formula is C14H31N3O. The first-order chi connectivity index (χ1) is 8.51. The molecule has 0 aliphatic carbocycles. The van der Waals surface area contributed by atoms with Crippen molar-refractivity contribution in [1.82, 2.24) is 9.80 Å². The largest absolute Gasteiger partial charge is 0.383 e. The molecule has 0 radical (unpaired) electrons. The molecule has 4 heteroatoms. The topological polar surface area (TPSA) is 41.7 Å². The van der Waals surface area contributed by atoms with Crippen LogP contribution in [-0.2, 0) is 4.74 Å². The van der Waals surface area contributed by atoms with Crippen molar-refractivity contribution in [3.8, 4) is 0 Å². The van der Waals surface area contributed by atoms with Crippen LogP contribution in [0.25, 0.3) is 0 Å². The molecule has 0 saturated carbocycles. The number of hydrogen-bond acceptors (Lipinski definition) is 4. The van der Waals surface area contributed by atoms with Gasteiger partial charge in [-0.05, 0) is 19.4 Å². The van der Waals surface area contributed by atoms with Gasteiger partial charge in [-0.3, -0.25) is 4.90 Å². The molecule has 0 aromatic heterocycles. The van der Waals surface area contributed by atoms with Crippen molar-refractivity contribution in [1.29, 1.82) is 0 Å². The van der Waals surface area contributed by atoms with E-state index in [-0.39, 0.29) is 5.54 Å². The highest BCUT2D eigenvalue weighted by Gasteiger charge is 2.41. The van der Waals surface area contributed by atoms with E-state index in [1.165, 1.54) is 6.42 Å². The van der Waals surface area contributed by atoms with Crippen molar-refractivity contribution in [3.63, 3.8) is 0 Å². The summed E-state index contributed by atoms with van der Waals surface area (Å²) in [4.78, 5) is 5.03. The quantitative estimate of drug-likeness (QED) is 0.771. The summed E-state index contributed by atoms with van der Waals surface area (Å²) in [6.07, 6.45) is 1.19. The molecule has 108 valence electrons. The maximum atomic E-state index is 6.11. The second-order valence-electron chi connectivity index (χ2n) is 5.88. The highest BCUT2D eigenvalue weighted by Crippen LogP contribution is 2.27. The third-order valence-electron chi connectivity index (χ3n) is 4.70. The number of piperazine rings is 1. The molecule has 0 bridgehead atoms. The normalized spacial score (nSPS) is 26.5. The van der Waals surface area contributed by atoms with E-state index < -0.39 is 0 Å². The molecule has 2 atom stereocenters. The second-order valence-corrected chi connectivity index (χ2v) is 5.88. The summed E-state index contributed by atoms with van der Waals surface area (Å²) in [5.41, 5.74) is 6.10. The summed E-state index contributed by atoms with van der Waals surface area (Å²) in [7, 11) is 4.00. The zero-order valence-electron chi connectivity index (χ0n) is 12.8. The van der Waals surface area contributed by atoms with Gasteiger partial charge in [-0.2, -0.15) is 0 Å². The number of hydrogen-bond donors (Lipinski definition) is 1. The summed E-state index contributed by atoms with van der Waals surface area (Å²) in [5, 5.41) is 0. The van der Waals surface area contributed by atoms with Crippen LogP contribution in [-0.4, -0.2) is 68.3 Å². The molecule has 1 fully saturated rings. The van der Waals surface area contributed by atoms with Gasteiger partial charge in [-0.15, -0.1) is 0 Å². The predicted molar refractivity (Wildman–Crippen MR) is 76.8 cm³/mol. The van der Waals surface area contributed by atoms with Crippen molar-refractivity contribution in [2.45, 2.75) is 38.8 Å². The van der Waals surface area contributed by atoms with Gasteiger partial charge in [0.05, 0.1) is 12.1 Å². The summed E-state index contributed by atoms with van der Waals surface area (Å²) in [6, 6.07) is 0.639. The molecule has 1 saturated heterocycles. The van der Waals surface area contributed by atoms with E-state index in [9.17, 15) is 0 Å². The maximum Gasteiger partial charge on any atom is 0.0661 e. The van der Waals surface area contributed by atoms with Crippen molar-refractivity contribution in [3.05, 3.63) is 0 Å². The maximum absolute atomic E-state index is 6.11. The van der Waals surface area contributed by atoms with Crippen LogP contribution in [0.4, 0.5) is 0 Å². The lowest BCUT2D eigenvalue weighted by Gasteiger charge is -2.51. The Balaban J connectivity index is 2.85. The summed E-state index contributed by atoms with van der Waals surface area (Å²) in [6.45, 7) is 11.5. The van der Waals surface area contributed by atoms with Gasteiger partial charge >= 0.3 is 0 Å². The molecule has 0 spiro atoms. The Morgan fingerprint density at radius 3 is 2.50 bits per heavy atom. The van der Waals surface area contributed by atoms with E-state index in [4.69, 9.17) is 10.5 Å². The number of nitrogens with two attached hydrogens (primary N) is 1. The zero-order chi connectivity index (χ0) is 13.8. The fourth-order valence-corrected chi connectivity index (χ4v) is 3.09. The van der Waals surface area contributed by atoms with Crippen LogP contribution in [0.1, 0.15) is 27.2 Å². The van der Waals surface area contributed by atoms with Gasteiger partial charge in [0.1, 0.15) is 0 Å². The monoisotopic (exact) mass is 257 g/mol. The minimum Gasteiger partial charge on any atom is -0.383 e. The van der Waals surface area contributed by atoms with Crippen LogP contribution in [0.15, 0.2) is 0 Å². The van der Waals surface area contributed by atoms with Crippen LogP contribution >= 0.6 is 0 Å². The first kappa shape index (κ1) is 15.9. The molecule has 1 aliphatic heterocycles. The molecule has 18 heavy (non-hydrogen) atoms. The Hall–Kier alpha value is -0.160. The lowest BCUT2D eigenvalue weighted by molar-refractivity contribution is -0.0522. The van der Waals surface area contributed by atoms with Crippen LogP contribution in [0.5, 0.6) is 0 Å². The Labute approximate surface area is 112 Å². The Bertz CT molecular complexity index is 247. The average molecular weight is 257 g/mol. The zero-order valence-corrected chi connectivity index (χ0v) is 12.8. The number of ether oxygens (including phenoxy) is 1. The third-order valence-corrected chi connectivity index (χ3v) is 4.70. The van der Waals surface area contributed by atoms with E-state index in [1.54, 1.807) is 7.11 Å². The second kappa shape index (κ2) is 6.85. The highest BCUT2D eigenvalue weighted by molar-refractivity contribution is 4.98. The first-order valence-electron chi connectivity index (χ1n) is 7.16. The average Bonchev–Trinajstić information content (AvgIpc) is 2.36. The van der Waals surface area contributed by atoms with Crippen molar-refractivity contribution < 1.29 is 4.74 Å². The molecule has 1 aliphatic rings. The molecule has 0 amide bonds. The molecule has 2 unspecified atom stereocenters. The number of rotatable bonds is 6. The van der Waals surface area contributed by atoms with Gasteiger partial charge in [0.25, 0.3) is 0 Å². The molecule has 4 nitrogen and oxygen atoms in total. The smallest absolute Gasteiger partial charge is 0.0661 e. The van der Waals surface area contributed by atoms with Crippen molar-refractivity contribution >= 4 is 0 Å². The van der Waals surface area contributed by atoms with Gasteiger partial charge in [0.2, 0.25) is 0 Å². The SMILES string of the molecule is CCC1CN(C(CN)(COC)C(C)C)CCN1C. The van der Waals surface area contributed by atoms with E-state index >= 15 is 0 Å². The first-order valence-corrected chi connectivity index (χ1v) is 7.16. The third kappa shape index (κ3) is 3.05. The summed E-state index contributed by atoms with van der Waals surface area (Å²) < 4.78 is 5.47. The van der Waals surface area contributed by atoms with Crippen molar-refractivity contribution in [2.24, 2.45) is 11.7 Å². The van der Waals surface area contributed by atoms with Gasteiger partial charge < -0.3 is 15.4 Å². The van der Waals surface area contributed by atoms with Crippen molar-refractivity contribution in [2.75, 3.05) is 46.9 Å². The molecule has 2 N–H and O–H groups in total. The molecule has 0 aromatic rings. The Kier molecular flexibility index (Phi) is 6.05. The molecular weight excluding hydrogens is 226 g/mol. The van der Waals surface area contributed by atoms with E-state index in [1.807, 2.05) is 0 Å². The number of nitrogens with zero attached hydrogens (tertiary/aromatic N) is 2. The molecule has 0 aromatic carbocycles. The standard InChI is InChI=1S/C14H31N3O/c1-6-13-9-17(8-7-16(13)4)14(10-15,11-18-5)12(2)3/h12-13H,6-11,15H2,1-5H3. The minimum atomic E-state index is -0.0105. The van der Waals surface area contributed by atoms with Crippen LogP contribution < -0.4 is 5.73 Å². The fourth-order valence-electron chi connectivity index (χ4n) is 3.09. The van der Waals surface area contributed by atoms with E-state index in [0.29, 0.717) is 18.5 Å². The Morgan fingerprint density at radius 2 is 2.06 bits per heavy atom. The number of likely N-dealkylation sites (N-methyl/N-ethyl adjacent to an activating group) is 1. The van der Waals surface area contributed by atoms with Gasteiger partial charge in [-0.1, -0.05) is 20.8 Å². The lowest BCUT2D eigenvalue weighted by Crippen LogP contribution is -2.66. The molecule has 1 rings (SSSR count). The number of methoxy groups -OCH3 is 1. The predicted octanol–water partition coefficient (Wildman–Crippen LogP) is 1.01. The Morgan fingerprint density at radius 1 is 1.39 bits per heavy atom. The fraction of sp³-hybridized carbons (Fsp3) is 1.00. The van der Waals surface area contributed by atoms with Crippen LogP contribution in [0, 0.1) is 5.92 Å². The van der Waals surface area contributed by atoms with Crippen LogP contribution in [0.2, 0.25) is 0 Å². The van der Waals surface area contributed by atoms with E-state index in [0.717, 1.165) is 26.2 Å². The molecule has 1 heterocycles. The lowest BCUT2D eigenvalue weighted by atomic mass is 9.84. The summed E-state index contributed by atoms with van der Waals surface area (Å²) in [5.74, 6) is 0.503. The van der Waals surface area contributed by atoms with Crippen LogP contribution in [0.3, 0.4) is 0 Å².